The van der Waals surface area contributed by atoms with Gasteiger partial charge >= 0.3 is 0 Å². The SMILES string of the molecule is COC(=N)CCOc1ccc2ccccc2c1. The van der Waals surface area contributed by atoms with Crippen LogP contribution < -0.4 is 4.74 Å². The third-order valence-corrected chi connectivity index (χ3v) is 2.57. The molecule has 0 spiro atoms. The second-order valence-electron chi connectivity index (χ2n) is 3.73. The molecule has 0 bridgehead atoms. The van der Waals surface area contributed by atoms with Crippen LogP contribution in [0.25, 0.3) is 10.8 Å². The predicted octanol–water partition coefficient (Wildman–Crippen LogP) is 3.23. The van der Waals surface area contributed by atoms with Gasteiger partial charge in [0.1, 0.15) is 5.75 Å². The fraction of sp³-hybridized carbons (Fsp3) is 0.214. The van der Waals surface area contributed by atoms with Gasteiger partial charge in [0.05, 0.1) is 20.1 Å². The number of hydrogen-bond acceptors (Lipinski definition) is 3. The predicted molar refractivity (Wildman–Crippen MR) is 68.8 cm³/mol. The summed E-state index contributed by atoms with van der Waals surface area (Å²) in [7, 11) is 1.50. The highest BCUT2D eigenvalue weighted by molar-refractivity contribution is 5.83. The molecular weight excluding hydrogens is 214 g/mol. The molecule has 0 saturated heterocycles. The Labute approximate surface area is 100 Å². The molecule has 2 aromatic rings. The van der Waals surface area contributed by atoms with Crippen molar-refractivity contribution in [3.05, 3.63) is 42.5 Å². The Morgan fingerprint density at radius 1 is 1.12 bits per heavy atom. The van der Waals surface area contributed by atoms with Crippen LogP contribution in [0.15, 0.2) is 42.5 Å². The third-order valence-electron chi connectivity index (χ3n) is 2.57. The van der Waals surface area contributed by atoms with Crippen LogP contribution in [0.3, 0.4) is 0 Å². The Morgan fingerprint density at radius 3 is 2.65 bits per heavy atom. The van der Waals surface area contributed by atoms with Crippen molar-refractivity contribution in [2.75, 3.05) is 13.7 Å². The molecule has 88 valence electrons. The van der Waals surface area contributed by atoms with Gasteiger partial charge in [-0.1, -0.05) is 30.3 Å². The van der Waals surface area contributed by atoms with E-state index in [2.05, 4.69) is 12.1 Å². The number of benzene rings is 2. The molecule has 0 atom stereocenters. The molecule has 0 aliphatic heterocycles. The number of methoxy groups -OCH3 is 1. The van der Waals surface area contributed by atoms with E-state index in [9.17, 15) is 0 Å². The van der Waals surface area contributed by atoms with Crippen molar-refractivity contribution in [3.63, 3.8) is 0 Å². The van der Waals surface area contributed by atoms with Gasteiger partial charge in [-0.15, -0.1) is 0 Å². The summed E-state index contributed by atoms with van der Waals surface area (Å²) in [5.41, 5.74) is 0. The molecule has 17 heavy (non-hydrogen) atoms. The third kappa shape index (κ3) is 2.97. The van der Waals surface area contributed by atoms with Crippen LogP contribution in [-0.2, 0) is 4.74 Å². The van der Waals surface area contributed by atoms with Crippen molar-refractivity contribution < 1.29 is 9.47 Å². The highest BCUT2D eigenvalue weighted by atomic mass is 16.5. The maximum Gasteiger partial charge on any atom is 0.183 e. The second-order valence-corrected chi connectivity index (χ2v) is 3.73. The number of hydrogen-bond donors (Lipinski definition) is 1. The van der Waals surface area contributed by atoms with Gasteiger partial charge in [0.25, 0.3) is 0 Å². The summed E-state index contributed by atoms with van der Waals surface area (Å²) in [6.07, 6.45) is 0.489. The molecule has 3 nitrogen and oxygen atoms in total. The lowest BCUT2D eigenvalue weighted by Crippen LogP contribution is -2.06. The van der Waals surface area contributed by atoms with Gasteiger partial charge in [0, 0.05) is 0 Å². The lowest BCUT2D eigenvalue weighted by atomic mass is 10.1. The molecule has 0 fully saturated rings. The molecule has 0 unspecified atom stereocenters. The van der Waals surface area contributed by atoms with E-state index in [-0.39, 0.29) is 5.90 Å². The molecule has 0 aromatic heterocycles. The molecule has 0 heterocycles. The van der Waals surface area contributed by atoms with E-state index in [4.69, 9.17) is 14.9 Å². The van der Waals surface area contributed by atoms with E-state index in [0.717, 1.165) is 11.1 Å². The Hall–Kier alpha value is -2.03. The summed E-state index contributed by atoms with van der Waals surface area (Å²) < 4.78 is 10.3. The van der Waals surface area contributed by atoms with E-state index >= 15 is 0 Å². The maximum absolute atomic E-state index is 7.33. The Bertz CT molecular complexity index is 522. The minimum Gasteiger partial charge on any atom is -0.493 e. The van der Waals surface area contributed by atoms with E-state index < -0.39 is 0 Å². The molecule has 0 aliphatic rings. The van der Waals surface area contributed by atoms with Crippen LogP contribution in [0, 0.1) is 5.41 Å². The lowest BCUT2D eigenvalue weighted by Gasteiger charge is -2.07. The minimum atomic E-state index is 0.241. The molecule has 2 aromatic carbocycles. The van der Waals surface area contributed by atoms with Gasteiger partial charge in [-0.2, -0.15) is 0 Å². The monoisotopic (exact) mass is 229 g/mol. The number of ether oxygens (including phenoxy) is 2. The average Bonchev–Trinajstić information content (AvgIpc) is 2.38. The summed E-state index contributed by atoms with van der Waals surface area (Å²) in [5.74, 6) is 1.07. The summed E-state index contributed by atoms with van der Waals surface area (Å²) >= 11 is 0. The highest BCUT2D eigenvalue weighted by Crippen LogP contribution is 2.20. The molecule has 3 heteroatoms. The van der Waals surface area contributed by atoms with Crippen LogP contribution in [0.5, 0.6) is 5.75 Å². The standard InChI is InChI=1S/C14H15NO2/c1-16-14(15)8-9-17-13-7-6-11-4-2-3-5-12(11)10-13/h2-7,10,15H,8-9H2,1H3. The normalized spacial score (nSPS) is 10.2. The second kappa shape index (κ2) is 5.34. The Kier molecular flexibility index (Phi) is 3.60. The van der Waals surface area contributed by atoms with E-state index in [1.807, 2.05) is 30.3 Å². The Balaban J connectivity index is 2.02. The van der Waals surface area contributed by atoms with Gasteiger partial charge in [0.2, 0.25) is 0 Å². The first-order valence-corrected chi connectivity index (χ1v) is 5.52. The number of nitrogens with one attached hydrogen (secondary N) is 1. The van der Waals surface area contributed by atoms with Crippen LogP contribution in [0.4, 0.5) is 0 Å². The largest absolute Gasteiger partial charge is 0.493 e. The van der Waals surface area contributed by atoms with Gasteiger partial charge in [-0.05, 0) is 22.9 Å². The molecule has 1 N–H and O–H groups in total. The lowest BCUT2D eigenvalue weighted by molar-refractivity contribution is 0.307. The van der Waals surface area contributed by atoms with Crippen LogP contribution >= 0.6 is 0 Å². The summed E-state index contributed by atoms with van der Waals surface area (Å²) in [6.45, 7) is 0.463. The van der Waals surface area contributed by atoms with E-state index in [0.29, 0.717) is 13.0 Å². The van der Waals surface area contributed by atoms with Crippen LogP contribution in [0.1, 0.15) is 6.42 Å². The molecule has 0 radical (unpaired) electrons. The molecular formula is C14H15NO2. The van der Waals surface area contributed by atoms with Crippen LogP contribution in [0.2, 0.25) is 0 Å². The molecule has 0 amide bonds. The summed E-state index contributed by atoms with van der Waals surface area (Å²) in [5, 5.41) is 9.69. The summed E-state index contributed by atoms with van der Waals surface area (Å²) in [4.78, 5) is 0. The smallest absolute Gasteiger partial charge is 0.183 e. The van der Waals surface area contributed by atoms with Crippen molar-refractivity contribution >= 4 is 16.7 Å². The fourth-order valence-corrected chi connectivity index (χ4v) is 1.62. The minimum absolute atomic E-state index is 0.241. The fourth-order valence-electron chi connectivity index (χ4n) is 1.62. The van der Waals surface area contributed by atoms with Gasteiger partial charge in [-0.3, -0.25) is 5.41 Å². The van der Waals surface area contributed by atoms with Crippen molar-refractivity contribution in [2.24, 2.45) is 0 Å². The quantitative estimate of drug-likeness (QED) is 0.646. The first-order valence-electron chi connectivity index (χ1n) is 5.52. The molecule has 0 saturated carbocycles. The van der Waals surface area contributed by atoms with E-state index in [1.54, 1.807) is 0 Å². The van der Waals surface area contributed by atoms with Crippen molar-refractivity contribution in [1.82, 2.24) is 0 Å². The van der Waals surface area contributed by atoms with Crippen molar-refractivity contribution in [2.45, 2.75) is 6.42 Å². The maximum atomic E-state index is 7.33. The average molecular weight is 229 g/mol. The van der Waals surface area contributed by atoms with Gasteiger partial charge in [0.15, 0.2) is 5.90 Å². The molecule has 0 aliphatic carbocycles. The van der Waals surface area contributed by atoms with Crippen molar-refractivity contribution in [1.29, 1.82) is 5.41 Å². The first-order chi connectivity index (χ1) is 8.29. The highest BCUT2D eigenvalue weighted by Gasteiger charge is 1.99. The number of fused-ring (bicyclic) bond motifs is 1. The zero-order chi connectivity index (χ0) is 12.1. The first kappa shape index (κ1) is 11.5. The topological polar surface area (TPSA) is 42.3 Å². The zero-order valence-corrected chi connectivity index (χ0v) is 9.77. The van der Waals surface area contributed by atoms with Crippen molar-refractivity contribution in [3.8, 4) is 5.75 Å². The van der Waals surface area contributed by atoms with Gasteiger partial charge < -0.3 is 9.47 Å². The van der Waals surface area contributed by atoms with E-state index in [1.165, 1.54) is 12.5 Å². The zero-order valence-electron chi connectivity index (χ0n) is 9.77. The van der Waals surface area contributed by atoms with Gasteiger partial charge in [-0.25, -0.2) is 0 Å². The molecule has 2 rings (SSSR count). The number of rotatable bonds is 4. The summed E-state index contributed by atoms with van der Waals surface area (Å²) in [6, 6.07) is 14.1. The van der Waals surface area contributed by atoms with Crippen LogP contribution in [-0.4, -0.2) is 19.6 Å². The Morgan fingerprint density at radius 2 is 1.88 bits per heavy atom.